The van der Waals surface area contributed by atoms with Gasteiger partial charge in [-0.25, -0.2) is 0 Å². The van der Waals surface area contributed by atoms with Crippen LogP contribution >= 0.6 is 11.6 Å². The second-order valence-corrected chi connectivity index (χ2v) is 5.87. The van der Waals surface area contributed by atoms with Gasteiger partial charge in [0, 0.05) is 18.7 Å². The van der Waals surface area contributed by atoms with Crippen molar-refractivity contribution in [2.24, 2.45) is 0 Å². The molecule has 0 aromatic heterocycles. The number of ether oxygens (including phenoxy) is 1. The number of nitro groups is 1. The molecule has 0 radical (unpaired) electrons. The number of hydrogen-bond acceptors (Lipinski definition) is 4. The SMILES string of the molecule is CCC1(CC)CC(Nc2c(Cl)cccc2[N+](=O)[O-])CCO1. The molecule has 2 rings (SSSR count). The first-order valence-corrected chi connectivity index (χ1v) is 7.72. The quantitative estimate of drug-likeness (QED) is 0.646. The van der Waals surface area contributed by atoms with Gasteiger partial charge in [0.15, 0.2) is 0 Å². The van der Waals surface area contributed by atoms with Crippen molar-refractivity contribution in [1.82, 2.24) is 0 Å². The molecule has 6 heteroatoms. The van der Waals surface area contributed by atoms with Gasteiger partial charge in [-0.15, -0.1) is 0 Å². The zero-order valence-electron chi connectivity index (χ0n) is 12.4. The lowest BCUT2D eigenvalue weighted by Crippen LogP contribution is -2.43. The van der Waals surface area contributed by atoms with E-state index in [1.165, 1.54) is 6.07 Å². The number of nitrogens with one attached hydrogen (secondary N) is 1. The van der Waals surface area contributed by atoms with Gasteiger partial charge in [0.05, 0.1) is 15.5 Å². The molecule has 1 heterocycles. The average molecular weight is 313 g/mol. The molecule has 0 bridgehead atoms. The lowest BCUT2D eigenvalue weighted by atomic mass is 9.86. The van der Waals surface area contributed by atoms with Crippen LogP contribution in [0.3, 0.4) is 0 Å². The first-order valence-electron chi connectivity index (χ1n) is 7.34. The van der Waals surface area contributed by atoms with E-state index in [-0.39, 0.29) is 17.3 Å². The van der Waals surface area contributed by atoms with Crippen LogP contribution in [0.5, 0.6) is 0 Å². The van der Waals surface area contributed by atoms with Crippen LogP contribution in [0.25, 0.3) is 0 Å². The summed E-state index contributed by atoms with van der Waals surface area (Å²) in [6, 6.07) is 4.87. The van der Waals surface area contributed by atoms with E-state index in [2.05, 4.69) is 19.2 Å². The number of benzene rings is 1. The molecule has 1 aromatic carbocycles. The van der Waals surface area contributed by atoms with Gasteiger partial charge >= 0.3 is 0 Å². The van der Waals surface area contributed by atoms with E-state index in [1.54, 1.807) is 12.1 Å². The molecule has 1 atom stereocenters. The predicted octanol–water partition coefficient (Wildman–Crippen LogP) is 4.40. The normalized spacial score (nSPS) is 21.0. The smallest absolute Gasteiger partial charge is 0.293 e. The van der Waals surface area contributed by atoms with E-state index in [0.29, 0.717) is 17.3 Å². The van der Waals surface area contributed by atoms with Crippen molar-refractivity contribution in [3.63, 3.8) is 0 Å². The molecule has 1 unspecified atom stereocenters. The van der Waals surface area contributed by atoms with Gasteiger partial charge in [-0.05, 0) is 31.7 Å². The molecule has 116 valence electrons. The second kappa shape index (κ2) is 6.62. The van der Waals surface area contributed by atoms with Crippen LogP contribution in [-0.2, 0) is 4.74 Å². The summed E-state index contributed by atoms with van der Waals surface area (Å²) < 4.78 is 5.93. The van der Waals surface area contributed by atoms with Crippen LogP contribution in [0.4, 0.5) is 11.4 Å². The Labute approximate surface area is 129 Å². The summed E-state index contributed by atoms with van der Waals surface area (Å²) in [6.45, 7) is 4.89. The maximum absolute atomic E-state index is 11.1. The largest absolute Gasteiger partial charge is 0.375 e. The Hall–Kier alpha value is -1.33. The lowest BCUT2D eigenvalue weighted by Gasteiger charge is -2.40. The van der Waals surface area contributed by atoms with Gasteiger partial charge < -0.3 is 10.1 Å². The third kappa shape index (κ3) is 3.47. The van der Waals surface area contributed by atoms with Crippen LogP contribution in [0, 0.1) is 10.1 Å². The minimum Gasteiger partial charge on any atom is -0.375 e. The summed E-state index contributed by atoms with van der Waals surface area (Å²) in [5.41, 5.74) is 0.302. The fourth-order valence-electron chi connectivity index (χ4n) is 2.91. The molecule has 1 saturated heterocycles. The van der Waals surface area contributed by atoms with E-state index in [0.717, 1.165) is 25.7 Å². The highest BCUT2D eigenvalue weighted by Gasteiger charge is 2.35. The summed E-state index contributed by atoms with van der Waals surface area (Å²) in [5.74, 6) is 0. The van der Waals surface area contributed by atoms with Crippen LogP contribution in [0.2, 0.25) is 5.02 Å². The number of hydrogen-bond donors (Lipinski definition) is 1. The zero-order chi connectivity index (χ0) is 15.5. The van der Waals surface area contributed by atoms with Gasteiger partial charge in [0.25, 0.3) is 5.69 Å². The fraction of sp³-hybridized carbons (Fsp3) is 0.600. The number of anilines is 1. The Kier molecular flexibility index (Phi) is 5.06. The lowest BCUT2D eigenvalue weighted by molar-refractivity contribution is -0.384. The summed E-state index contributed by atoms with van der Waals surface area (Å²) >= 11 is 6.13. The van der Waals surface area contributed by atoms with Crippen molar-refractivity contribution < 1.29 is 9.66 Å². The first-order chi connectivity index (χ1) is 10.0. The number of nitro benzene ring substituents is 1. The number of para-hydroxylation sites is 1. The minimum atomic E-state index is -0.402. The average Bonchev–Trinajstić information content (AvgIpc) is 2.49. The third-order valence-corrected chi connectivity index (χ3v) is 4.63. The third-order valence-electron chi connectivity index (χ3n) is 4.32. The topological polar surface area (TPSA) is 64.4 Å². The van der Waals surface area contributed by atoms with Crippen LogP contribution in [0.1, 0.15) is 39.5 Å². The van der Waals surface area contributed by atoms with Gasteiger partial charge in [0.2, 0.25) is 0 Å². The highest BCUT2D eigenvalue weighted by Crippen LogP contribution is 2.37. The Bertz CT molecular complexity index is 518. The molecule has 5 nitrogen and oxygen atoms in total. The molecule has 0 saturated carbocycles. The van der Waals surface area contributed by atoms with E-state index in [9.17, 15) is 10.1 Å². The summed E-state index contributed by atoms with van der Waals surface area (Å²) in [5, 5.41) is 14.8. The van der Waals surface area contributed by atoms with E-state index in [1.807, 2.05) is 0 Å². The Balaban J connectivity index is 2.20. The van der Waals surface area contributed by atoms with E-state index >= 15 is 0 Å². The maximum Gasteiger partial charge on any atom is 0.293 e. The Morgan fingerprint density at radius 2 is 2.19 bits per heavy atom. The van der Waals surface area contributed by atoms with Gasteiger partial charge in [-0.3, -0.25) is 10.1 Å². The van der Waals surface area contributed by atoms with E-state index in [4.69, 9.17) is 16.3 Å². The maximum atomic E-state index is 11.1. The van der Waals surface area contributed by atoms with Crippen LogP contribution in [-0.4, -0.2) is 23.2 Å². The summed E-state index contributed by atoms with van der Waals surface area (Å²) in [7, 11) is 0. The Morgan fingerprint density at radius 1 is 1.48 bits per heavy atom. The highest BCUT2D eigenvalue weighted by atomic mass is 35.5. The zero-order valence-corrected chi connectivity index (χ0v) is 13.2. The molecule has 0 aliphatic carbocycles. The molecule has 0 amide bonds. The molecule has 1 N–H and O–H groups in total. The number of rotatable bonds is 5. The van der Waals surface area contributed by atoms with Crippen molar-refractivity contribution >= 4 is 23.0 Å². The molecule has 21 heavy (non-hydrogen) atoms. The molecule has 1 aliphatic heterocycles. The Morgan fingerprint density at radius 3 is 2.81 bits per heavy atom. The minimum absolute atomic E-state index is 0.0209. The van der Waals surface area contributed by atoms with E-state index < -0.39 is 4.92 Å². The molecule has 0 spiro atoms. The first kappa shape index (κ1) is 16.0. The summed E-state index contributed by atoms with van der Waals surface area (Å²) in [4.78, 5) is 10.7. The van der Waals surface area contributed by atoms with Crippen LogP contribution < -0.4 is 5.32 Å². The second-order valence-electron chi connectivity index (χ2n) is 5.46. The molecule has 1 aliphatic rings. The number of halogens is 1. The molecule has 1 fully saturated rings. The monoisotopic (exact) mass is 312 g/mol. The molecular formula is C15H21ClN2O3. The van der Waals surface area contributed by atoms with Crippen molar-refractivity contribution in [2.45, 2.75) is 51.2 Å². The van der Waals surface area contributed by atoms with Crippen molar-refractivity contribution in [1.29, 1.82) is 0 Å². The molecule has 1 aromatic rings. The van der Waals surface area contributed by atoms with Crippen molar-refractivity contribution in [3.8, 4) is 0 Å². The standard InChI is InChI=1S/C15H21ClN2O3/c1-3-15(4-2)10-11(8-9-21-15)17-14-12(16)6-5-7-13(14)18(19)20/h5-7,11,17H,3-4,8-10H2,1-2H3. The predicted molar refractivity (Wildman–Crippen MR) is 84.0 cm³/mol. The molecular weight excluding hydrogens is 292 g/mol. The van der Waals surface area contributed by atoms with Gasteiger partial charge in [-0.1, -0.05) is 31.5 Å². The van der Waals surface area contributed by atoms with Gasteiger partial charge in [0.1, 0.15) is 5.69 Å². The van der Waals surface area contributed by atoms with Gasteiger partial charge in [-0.2, -0.15) is 0 Å². The summed E-state index contributed by atoms with van der Waals surface area (Å²) in [6.07, 6.45) is 3.53. The van der Waals surface area contributed by atoms with Crippen LogP contribution in [0.15, 0.2) is 18.2 Å². The van der Waals surface area contributed by atoms with Crippen molar-refractivity contribution in [3.05, 3.63) is 33.3 Å². The number of nitrogens with zero attached hydrogens (tertiary/aromatic N) is 1. The fourth-order valence-corrected chi connectivity index (χ4v) is 3.13. The highest BCUT2D eigenvalue weighted by molar-refractivity contribution is 6.33. The van der Waals surface area contributed by atoms with Crippen molar-refractivity contribution in [2.75, 3.05) is 11.9 Å².